The SMILES string of the molecule is Cc1cccc(C)c1-c1cc(OCC(N)CCC2CC2)nc(NSc2cccc(C(=O)O)c2)n1. The van der Waals surface area contributed by atoms with Crippen LogP contribution in [0.25, 0.3) is 11.3 Å². The average Bonchev–Trinajstić information content (AvgIpc) is 3.65. The van der Waals surface area contributed by atoms with Crippen molar-refractivity contribution in [3.8, 4) is 17.1 Å². The second kappa shape index (κ2) is 10.9. The molecule has 0 aliphatic heterocycles. The number of carboxylic acids is 1. The number of hydrogen-bond donors (Lipinski definition) is 3. The summed E-state index contributed by atoms with van der Waals surface area (Å²) < 4.78 is 9.15. The minimum atomic E-state index is -0.968. The van der Waals surface area contributed by atoms with Gasteiger partial charge in [0.15, 0.2) is 0 Å². The van der Waals surface area contributed by atoms with Gasteiger partial charge in [0, 0.05) is 22.6 Å². The van der Waals surface area contributed by atoms with Crippen LogP contribution in [0.2, 0.25) is 0 Å². The summed E-state index contributed by atoms with van der Waals surface area (Å²) in [6.45, 7) is 4.50. The van der Waals surface area contributed by atoms with Crippen LogP contribution >= 0.6 is 11.9 Å². The lowest BCUT2D eigenvalue weighted by Crippen LogP contribution is -2.28. The average molecular weight is 479 g/mol. The number of rotatable bonds is 11. The molecule has 4 N–H and O–H groups in total. The quantitative estimate of drug-likeness (QED) is 0.311. The molecule has 1 aliphatic rings. The number of anilines is 1. The molecule has 0 radical (unpaired) electrons. The third-order valence-electron chi connectivity index (χ3n) is 5.87. The molecule has 4 rings (SSSR count). The number of nitrogens with two attached hydrogens (primary N) is 1. The number of aromatic nitrogens is 2. The van der Waals surface area contributed by atoms with E-state index in [-0.39, 0.29) is 11.6 Å². The Morgan fingerprint density at radius 3 is 2.62 bits per heavy atom. The molecule has 7 nitrogen and oxygen atoms in total. The summed E-state index contributed by atoms with van der Waals surface area (Å²) in [5.41, 5.74) is 10.5. The van der Waals surface area contributed by atoms with Gasteiger partial charge in [-0.3, -0.25) is 4.72 Å². The van der Waals surface area contributed by atoms with Crippen molar-refractivity contribution in [2.75, 3.05) is 11.3 Å². The van der Waals surface area contributed by atoms with E-state index in [0.717, 1.165) is 46.0 Å². The molecule has 1 saturated carbocycles. The maximum atomic E-state index is 11.3. The van der Waals surface area contributed by atoms with Gasteiger partial charge in [-0.1, -0.05) is 37.1 Å². The van der Waals surface area contributed by atoms with Gasteiger partial charge in [-0.2, -0.15) is 4.98 Å². The van der Waals surface area contributed by atoms with Crippen molar-refractivity contribution in [1.82, 2.24) is 9.97 Å². The fraction of sp³-hybridized carbons (Fsp3) is 0.346. The minimum Gasteiger partial charge on any atom is -0.478 e. The molecule has 8 heteroatoms. The van der Waals surface area contributed by atoms with Gasteiger partial charge >= 0.3 is 5.97 Å². The summed E-state index contributed by atoms with van der Waals surface area (Å²) in [4.78, 5) is 21.3. The summed E-state index contributed by atoms with van der Waals surface area (Å²) in [5.74, 6) is 0.710. The van der Waals surface area contributed by atoms with E-state index in [0.29, 0.717) is 18.4 Å². The molecule has 0 saturated heterocycles. The smallest absolute Gasteiger partial charge is 0.335 e. The Morgan fingerprint density at radius 1 is 1.18 bits per heavy atom. The number of nitrogens with zero attached hydrogens (tertiary/aromatic N) is 2. The van der Waals surface area contributed by atoms with Crippen molar-refractivity contribution in [3.05, 3.63) is 65.2 Å². The number of benzene rings is 2. The summed E-state index contributed by atoms with van der Waals surface area (Å²) in [6.07, 6.45) is 4.74. The molecular formula is C26H30N4O3S. The minimum absolute atomic E-state index is 0.0382. The second-order valence-electron chi connectivity index (χ2n) is 8.81. The molecule has 1 aromatic heterocycles. The van der Waals surface area contributed by atoms with Crippen molar-refractivity contribution < 1.29 is 14.6 Å². The zero-order chi connectivity index (χ0) is 24.1. The third kappa shape index (κ3) is 6.48. The highest BCUT2D eigenvalue weighted by molar-refractivity contribution is 8.00. The van der Waals surface area contributed by atoms with Gasteiger partial charge in [-0.25, -0.2) is 9.78 Å². The molecule has 1 aliphatic carbocycles. The molecule has 0 bridgehead atoms. The Balaban J connectivity index is 1.54. The number of carboxylic acid groups (broad SMARTS) is 1. The van der Waals surface area contributed by atoms with E-state index < -0.39 is 5.97 Å². The predicted octanol–water partition coefficient (Wildman–Crippen LogP) is 5.47. The second-order valence-corrected chi connectivity index (χ2v) is 9.69. The molecule has 2 aromatic carbocycles. The number of hydrogen-bond acceptors (Lipinski definition) is 7. The fourth-order valence-electron chi connectivity index (χ4n) is 3.82. The zero-order valence-corrected chi connectivity index (χ0v) is 20.3. The number of carbonyl (C=O) groups is 1. The van der Waals surface area contributed by atoms with Crippen molar-refractivity contribution in [3.63, 3.8) is 0 Å². The largest absolute Gasteiger partial charge is 0.478 e. The van der Waals surface area contributed by atoms with Crippen molar-refractivity contribution in [1.29, 1.82) is 0 Å². The van der Waals surface area contributed by atoms with Crippen molar-refractivity contribution in [2.45, 2.75) is 50.5 Å². The standard InChI is InChI=1S/C26H30N4O3S/c1-16-5-3-6-17(2)24(16)22-14-23(33-15-20(27)12-11-18-9-10-18)29-26(28-22)30-34-21-8-4-7-19(13-21)25(31)32/h3-8,13-14,18,20H,9-12,15,27H2,1-2H3,(H,31,32)(H,28,29,30). The van der Waals surface area contributed by atoms with Crippen molar-refractivity contribution in [2.24, 2.45) is 11.7 Å². The Hall–Kier alpha value is -3.10. The zero-order valence-electron chi connectivity index (χ0n) is 19.5. The van der Waals surface area contributed by atoms with E-state index >= 15 is 0 Å². The third-order valence-corrected chi connectivity index (χ3v) is 6.64. The first-order valence-electron chi connectivity index (χ1n) is 11.5. The van der Waals surface area contributed by atoms with Crippen LogP contribution in [-0.2, 0) is 0 Å². The lowest BCUT2D eigenvalue weighted by atomic mass is 10.00. The van der Waals surface area contributed by atoms with Crippen LogP contribution in [0.15, 0.2) is 53.4 Å². The van der Waals surface area contributed by atoms with Gasteiger partial charge in [-0.15, -0.1) is 0 Å². The molecule has 0 amide bonds. The van der Waals surface area contributed by atoms with E-state index in [9.17, 15) is 9.90 Å². The Bertz CT molecular complexity index is 1150. The molecule has 1 fully saturated rings. The normalized spacial score (nSPS) is 14.0. The number of nitrogens with one attached hydrogen (secondary N) is 1. The first-order chi connectivity index (χ1) is 16.4. The lowest BCUT2D eigenvalue weighted by molar-refractivity contribution is 0.0696. The highest BCUT2D eigenvalue weighted by atomic mass is 32.2. The topological polar surface area (TPSA) is 110 Å². The van der Waals surface area contributed by atoms with Crippen LogP contribution in [-0.4, -0.2) is 33.7 Å². The summed E-state index contributed by atoms with van der Waals surface area (Å²) >= 11 is 1.25. The van der Waals surface area contributed by atoms with Crippen LogP contribution in [0.1, 0.15) is 47.2 Å². The van der Waals surface area contributed by atoms with Crippen LogP contribution in [0, 0.1) is 19.8 Å². The number of ether oxygens (including phenoxy) is 1. The molecular weight excluding hydrogens is 448 g/mol. The first kappa shape index (κ1) is 24.0. The van der Waals surface area contributed by atoms with Crippen molar-refractivity contribution >= 4 is 23.9 Å². The summed E-state index contributed by atoms with van der Waals surface area (Å²) in [7, 11) is 0. The van der Waals surface area contributed by atoms with Gasteiger partial charge in [0.05, 0.1) is 11.3 Å². The van der Waals surface area contributed by atoms with E-state index in [4.69, 9.17) is 15.5 Å². The molecule has 3 aromatic rings. The highest BCUT2D eigenvalue weighted by Gasteiger charge is 2.22. The van der Waals surface area contributed by atoms with Gasteiger partial charge < -0.3 is 15.6 Å². The Labute approximate surface area is 204 Å². The van der Waals surface area contributed by atoms with E-state index in [2.05, 4.69) is 35.7 Å². The van der Waals surface area contributed by atoms with Gasteiger partial charge in [0.2, 0.25) is 11.8 Å². The molecule has 34 heavy (non-hydrogen) atoms. The van der Waals surface area contributed by atoms with E-state index in [1.54, 1.807) is 18.2 Å². The maximum absolute atomic E-state index is 11.3. The molecule has 1 atom stereocenters. The molecule has 1 heterocycles. The lowest BCUT2D eigenvalue weighted by Gasteiger charge is -2.15. The maximum Gasteiger partial charge on any atom is 0.335 e. The summed E-state index contributed by atoms with van der Waals surface area (Å²) in [5, 5.41) is 9.24. The van der Waals surface area contributed by atoms with Crippen LogP contribution in [0.5, 0.6) is 5.88 Å². The first-order valence-corrected chi connectivity index (χ1v) is 12.3. The molecule has 0 spiro atoms. The Kier molecular flexibility index (Phi) is 7.70. The number of aromatic carboxylic acids is 1. The van der Waals surface area contributed by atoms with Gasteiger partial charge in [0.1, 0.15) is 6.61 Å². The Morgan fingerprint density at radius 2 is 1.91 bits per heavy atom. The summed E-state index contributed by atoms with van der Waals surface area (Å²) in [6, 6.07) is 14.6. The fourth-order valence-corrected chi connectivity index (χ4v) is 4.45. The van der Waals surface area contributed by atoms with E-state index in [1.807, 2.05) is 18.2 Å². The molecule has 1 unspecified atom stereocenters. The van der Waals surface area contributed by atoms with Gasteiger partial charge in [0.25, 0.3) is 0 Å². The van der Waals surface area contributed by atoms with E-state index in [1.165, 1.54) is 24.8 Å². The molecule has 178 valence electrons. The van der Waals surface area contributed by atoms with Gasteiger partial charge in [-0.05, 0) is 73.9 Å². The predicted molar refractivity (Wildman–Crippen MR) is 135 cm³/mol. The van der Waals surface area contributed by atoms with Crippen LogP contribution in [0.4, 0.5) is 5.95 Å². The highest BCUT2D eigenvalue weighted by Crippen LogP contribution is 2.34. The van der Waals surface area contributed by atoms with Crippen LogP contribution in [0.3, 0.4) is 0 Å². The monoisotopic (exact) mass is 478 g/mol. The number of aryl methyl sites for hydroxylation is 2. The van der Waals surface area contributed by atoms with Crippen LogP contribution < -0.4 is 15.2 Å².